The third kappa shape index (κ3) is 6.30. The Bertz CT molecular complexity index is 1030. The van der Waals surface area contributed by atoms with E-state index in [1.165, 1.54) is 19.0 Å². The third-order valence-corrected chi connectivity index (χ3v) is 6.84. The summed E-state index contributed by atoms with van der Waals surface area (Å²) in [6.07, 6.45) is 0. The zero-order chi connectivity index (χ0) is 23.9. The summed E-state index contributed by atoms with van der Waals surface area (Å²) in [6.45, 7) is 5.58. The number of nitrogens with one attached hydrogen (secondary N) is 1. The molecule has 0 heterocycles. The van der Waals surface area contributed by atoms with E-state index in [0.717, 1.165) is 19.7 Å². The van der Waals surface area contributed by atoms with Gasteiger partial charge in [0.2, 0.25) is 11.8 Å². The van der Waals surface area contributed by atoms with Gasteiger partial charge in [0.05, 0.1) is 5.69 Å². The van der Waals surface area contributed by atoms with Crippen molar-refractivity contribution >= 4 is 27.7 Å². The summed E-state index contributed by atoms with van der Waals surface area (Å²) in [5, 5.41) is 2.74. The Hall–Kier alpha value is -2.91. The first-order valence-corrected chi connectivity index (χ1v) is 11.9. The average Bonchev–Trinajstić information content (AvgIpc) is 2.75. The van der Waals surface area contributed by atoms with Crippen molar-refractivity contribution in [1.29, 1.82) is 0 Å². The van der Waals surface area contributed by atoms with Gasteiger partial charge in [0, 0.05) is 27.2 Å². The van der Waals surface area contributed by atoms with Gasteiger partial charge in [-0.1, -0.05) is 48.0 Å². The Kier molecular flexibility index (Phi) is 8.80. The molecule has 0 aliphatic rings. The van der Waals surface area contributed by atoms with Crippen molar-refractivity contribution in [3.8, 4) is 0 Å². The molecule has 0 radical (unpaired) electrons. The van der Waals surface area contributed by atoms with Gasteiger partial charge in [-0.25, -0.2) is 4.31 Å². The maximum absolute atomic E-state index is 13.5. The van der Waals surface area contributed by atoms with Gasteiger partial charge >= 0.3 is 10.2 Å². The first-order valence-electron chi connectivity index (χ1n) is 10.5. The fourth-order valence-corrected chi connectivity index (χ4v) is 4.28. The molecule has 2 amide bonds. The molecule has 0 aliphatic heterocycles. The van der Waals surface area contributed by atoms with Gasteiger partial charge in [-0.2, -0.15) is 12.7 Å². The predicted octanol–water partition coefficient (Wildman–Crippen LogP) is 2.16. The zero-order valence-electron chi connectivity index (χ0n) is 19.3. The van der Waals surface area contributed by atoms with Gasteiger partial charge in [0.15, 0.2) is 0 Å². The number of benzene rings is 2. The summed E-state index contributed by atoms with van der Waals surface area (Å²) in [6, 6.07) is 15.3. The first-order chi connectivity index (χ1) is 15.1. The summed E-state index contributed by atoms with van der Waals surface area (Å²) in [5.41, 5.74) is 2.26. The molecule has 0 fully saturated rings. The van der Waals surface area contributed by atoms with Crippen molar-refractivity contribution in [3.63, 3.8) is 0 Å². The summed E-state index contributed by atoms with van der Waals surface area (Å²) in [7, 11) is -1.11. The fourth-order valence-electron chi connectivity index (χ4n) is 3.22. The van der Waals surface area contributed by atoms with Crippen LogP contribution in [-0.4, -0.2) is 62.7 Å². The highest BCUT2D eigenvalue weighted by molar-refractivity contribution is 7.90. The summed E-state index contributed by atoms with van der Waals surface area (Å²) >= 11 is 0. The maximum Gasteiger partial charge on any atom is 0.304 e. The number of para-hydroxylation sites is 1. The standard InChI is InChI=1S/C23H32N4O4S/c1-6-24-23(29)19(3)26(16-20-12-10-11-18(2)15-20)22(28)17-27(32(30,31)25(4)5)21-13-8-7-9-14-21/h7-15,19H,6,16-17H2,1-5H3,(H,24,29)/t19-/m1/s1. The van der Waals surface area contributed by atoms with Crippen molar-refractivity contribution in [3.05, 3.63) is 65.7 Å². The second kappa shape index (κ2) is 11.1. The highest BCUT2D eigenvalue weighted by Crippen LogP contribution is 2.20. The number of hydrogen-bond acceptors (Lipinski definition) is 4. The molecule has 0 unspecified atom stereocenters. The van der Waals surface area contributed by atoms with E-state index in [1.54, 1.807) is 44.2 Å². The number of rotatable bonds is 10. The van der Waals surface area contributed by atoms with Gasteiger partial charge in [-0.3, -0.25) is 9.59 Å². The van der Waals surface area contributed by atoms with E-state index < -0.39 is 28.7 Å². The molecule has 2 aromatic carbocycles. The smallest absolute Gasteiger partial charge is 0.304 e. The van der Waals surface area contributed by atoms with Crippen molar-refractivity contribution in [2.45, 2.75) is 33.4 Å². The molecule has 2 rings (SSSR count). The van der Waals surface area contributed by atoms with E-state index in [-0.39, 0.29) is 12.5 Å². The molecule has 1 N–H and O–H groups in total. The fraction of sp³-hybridized carbons (Fsp3) is 0.391. The first kappa shape index (κ1) is 25.4. The molecule has 0 aromatic heterocycles. The van der Waals surface area contributed by atoms with Crippen LogP contribution in [0, 0.1) is 6.92 Å². The molecule has 0 saturated heterocycles. The van der Waals surface area contributed by atoms with Gasteiger partial charge in [-0.15, -0.1) is 0 Å². The molecule has 0 spiro atoms. The molecule has 0 bridgehead atoms. The second-order valence-electron chi connectivity index (χ2n) is 7.71. The molecule has 0 saturated carbocycles. The van der Waals surface area contributed by atoms with Crippen molar-refractivity contribution < 1.29 is 18.0 Å². The second-order valence-corrected chi connectivity index (χ2v) is 9.78. The van der Waals surface area contributed by atoms with Crippen LogP contribution >= 0.6 is 0 Å². The Morgan fingerprint density at radius 2 is 1.69 bits per heavy atom. The number of carbonyl (C=O) groups is 2. The Balaban J connectivity index is 2.42. The van der Waals surface area contributed by atoms with Crippen molar-refractivity contribution in [2.24, 2.45) is 0 Å². The minimum absolute atomic E-state index is 0.184. The lowest BCUT2D eigenvalue weighted by atomic mass is 10.1. The number of aryl methyl sites for hydroxylation is 1. The van der Waals surface area contributed by atoms with Gasteiger partial charge in [-0.05, 0) is 38.5 Å². The van der Waals surface area contributed by atoms with E-state index in [4.69, 9.17) is 0 Å². The Morgan fingerprint density at radius 3 is 2.25 bits per heavy atom. The molecule has 0 aliphatic carbocycles. The molecule has 2 aromatic rings. The van der Waals surface area contributed by atoms with Crippen LogP contribution in [0.2, 0.25) is 0 Å². The van der Waals surface area contributed by atoms with Crippen LogP contribution in [-0.2, 0) is 26.3 Å². The Morgan fingerprint density at radius 1 is 1.03 bits per heavy atom. The lowest BCUT2D eigenvalue weighted by Crippen LogP contribution is -2.52. The number of amides is 2. The number of likely N-dealkylation sites (N-methyl/N-ethyl adjacent to an activating group) is 1. The summed E-state index contributed by atoms with van der Waals surface area (Å²) in [5.74, 6) is -0.769. The minimum Gasteiger partial charge on any atom is -0.355 e. The molecule has 32 heavy (non-hydrogen) atoms. The van der Waals surface area contributed by atoms with Crippen molar-refractivity contribution in [1.82, 2.24) is 14.5 Å². The minimum atomic E-state index is -3.94. The van der Waals surface area contributed by atoms with Crippen LogP contribution in [0.4, 0.5) is 5.69 Å². The van der Waals surface area contributed by atoms with E-state index in [2.05, 4.69) is 5.32 Å². The lowest BCUT2D eigenvalue weighted by Gasteiger charge is -2.32. The van der Waals surface area contributed by atoms with Crippen LogP contribution < -0.4 is 9.62 Å². The van der Waals surface area contributed by atoms with Gasteiger partial charge in [0.25, 0.3) is 0 Å². The summed E-state index contributed by atoms with van der Waals surface area (Å²) in [4.78, 5) is 27.4. The molecule has 9 heteroatoms. The maximum atomic E-state index is 13.5. The molecule has 174 valence electrons. The average molecular weight is 461 g/mol. The zero-order valence-corrected chi connectivity index (χ0v) is 20.1. The number of carbonyl (C=O) groups excluding carboxylic acids is 2. The van der Waals surface area contributed by atoms with E-state index in [1.807, 2.05) is 31.2 Å². The molecule has 1 atom stereocenters. The quantitative estimate of drug-likeness (QED) is 0.588. The number of nitrogens with zero attached hydrogens (tertiary/aromatic N) is 3. The topological polar surface area (TPSA) is 90.0 Å². The lowest BCUT2D eigenvalue weighted by molar-refractivity contribution is -0.139. The van der Waals surface area contributed by atoms with Crippen molar-refractivity contribution in [2.75, 3.05) is 31.5 Å². The van der Waals surface area contributed by atoms with Crippen LogP contribution in [0.25, 0.3) is 0 Å². The largest absolute Gasteiger partial charge is 0.355 e. The van der Waals surface area contributed by atoms with Crippen LogP contribution in [0.3, 0.4) is 0 Å². The Labute approximate surface area is 191 Å². The molecule has 8 nitrogen and oxygen atoms in total. The number of hydrogen-bond donors (Lipinski definition) is 1. The highest BCUT2D eigenvalue weighted by Gasteiger charge is 2.32. The van der Waals surface area contributed by atoms with E-state index >= 15 is 0 Å². The monoisotopic (exact) mass is 460 g/mol. The van der Waals surface area contributed by atoms with E-state index in [9.17, 15) is 18.0 Å². The van der Waals surface area contributed by atoms with Crippen LogP contribution in [0.5, 0.6) is 0 Å². The van der Waals surface area contributed by atoms with E-state index in [0.29, 0.717) is 12.2 Å². The third-order valence-electron chi connectivity index (χ3n) is 5.02. The van der Waals surface area contributed by atoms with Crippen LogP contribution in [0.1, 0.15) is 25.0 Å². The molecular formula is C23H32N4O4S. The SMILES string of the molecule is CCNC(=O)[C@@H](C)N(Cc1cccc(C)c1)C(=O)CN(c1ccccc1)S(=O)(=O)N(C)C. The predicted molar refractivity (Wildman–Crippen MR) is 126 cm³/mol. The molecular weight excluding hydrogens is 428 g/mol. The van der Waals surface area contributed by atoms with Gasteiger partial charge in [0.1, 0.15) is 12.6 Å². The van der Waals surface area contributed by atoms with Crippen LogP contribution in [0.15, 0.2) is 54.6 Å². The number of anilines is 1. The van der Waals surface area contributed by atoms with Gasteiger partial charge < -0.3 is 10.2 Å². The highest BCUT2D eigenvalue weighted by atomic mass is 32.2. The normalized spacial score (nSPS) is 12.3. The summed E-state index contributed by atoms with van der Waals surface area (Å²) < 4.78 is 28.1.